The molecular weight excluding hydrogens is 242 g/mol. The van der Waals surface area contributed by atoms with Crippen molar-refractivity contribution in [2.24, 2.45) is 0 Å². The van der Waals surface area contributed by atoms with E-state index < -0.39 is 11.8 Å². The second kappa shape index (κ2) is 4.76. The maximum atomic E-state index is 11.9. The number of amides is 2. The average Bonchev–Trinajstić information content (AvgIpc) is 3.08. The number of rotatable bonds is 1. The lowest BCUT2D eigenvalue weighted by Gasteiger charge is -2.14. The van der Waals surface area contributed by atoms with E-state index in [1.807, 2.05) is 24.4 Å². The van der Waals surface area contributed by atoms with E-state index >= 15 is 0 Å². The molecule has 5 nitrogen and oxygen atoms in total. The maximum Gasteiger partial charge on any atom is 0.313 e. The first-order chi connectivity index (χ1) is 9.24. The number of aromatic nitrogens is 1. The Labute approximate surface area is 110 Å². The van der Waals surface area contributed by atoms with E-state index in [1.54, 1.807) is 11.0 Å². The second-order valence-electron chi connectivity index (χ2n) is 4.73. The standard InChI is InChI=1S/C14H15N3O2/c18-13(14(19)17-7-1-2-8-17)16-11-3-4-12-10(9-11)5-6-15-12/h3-6,9,15H,1-2,7-8H2,(H,16,18). The van der Waals surface area contributed by atoms with Crippen LogP contribution < -0.4 is 5.32 Å². The van der Waals surface area contributed by atoms with Gasteiger partial charge in [-0.1, -0.05) is 0 Å². The van der Waals surface area contributed by atoms with E-state index in [9.17, 15) is 9.59 Å². The van der Waals surface area contributed by atoms with Crippen molar-refractivity contribution in [3.63, 3.8) is 0 Å². The number of carbonyl (C=O) groups is 2. The van der Waals surface area contributed by atoms with Gasteiger partial charge in [0.15, 0.2) is 0 Å². The Bertz CT molecular complexity index is 626. The highest BCUT2D eigenvalue weighted by atomic mass is 16.2. The molecule has 2 N–H and O–H groups in total. The molecule has 1 saturated heterocycles. The van der Waals surface area contributed by atoms with Crippen molar-refractivity contribution >= 4 is 28.4 Å². The summed E-state index contributed by atoms with van der Waals surface area (Å²) in [5.41, 5.74) is 1.65. The molecule has 0 spiro atoms. The molecule has 0 saturated carbocycles. The Hall–Kier alpha value is -2.30. The molecule has 5 heteroatoms. The predicted molar refractivity (Wildman–Crippen MR) is 72.7 cm³/mol. The molecule has 2 amide bonds. The minimum Gasteiger partial charge on any atom is -0.361 e. The molecule has 1 aliphatic heterocycles. The van der Waals surface area contributed by atoms with Gasteiger partial charge >= 0.3 is 11.8 Å². The number of nitrogens with one attached hydrogen (secondary N) is 2. The Balaban J connectivity index is 1.72. The second-order valence-corrected chi connectivity index (χ2v) is 4.73. The van der Waals surface area contributed by atoms with Gasteiger partial charge in [-0.2, -0.15) is 0 Å². The van der Waals surface area contributed by atoms with Gasteiger partial charge in [0.25, 0.3) is 0 Å². The summed E-state index contributed by atoms with van der Waals surface area (Å²) in [6.45, 7) is 1.37. The summed E-state index contributed by atoms with van der Waals surface area (Å²) in [5.74, 6) is -0.997. The number of nitrogens with zero attached hydrogens (tertiary/aromatic N) is 1. The van der Waals surface area contributed by atoms with Gasteiger partial charge in [-0.15, -0.1) is 0 Å². The van der Waals surface area contributed by atoms with Crippen LogP contribution in [0.25, 0.3) is 10.9 Å². The zero-order valence-electron chi connectivity index (χ0n) is 10.5. The smallest absolute Gasteiger partial charge is 0.313 e. The lowest BCUT2D eigenvalue weighted by atomic mass is 10.2. The molecule has 0 unspecified atom stereocenters. The Morgan fingerprint density at radius 3 is 2.74 bits per heavy atom. The van der Waals surface area contributed by atoms with Crippen molar-refractivity contribution in [1.82, 2.24) is 9.88 Å². The first-order valence-electron chi connectivity index (χ1n) is 6.41. The SMILES string of the molecule is O=C(Nc1ccc2[nH]ccc2c1)C(=O)N1CCCC1. The number of benzene rings is 1. The maximum absolute atomic E-state index is 11.9. The van der Waals surface area contributed by atoms with Gasteiger partial charge in [0.05, 0.1) is 0 Å². The molecule has 0 bridgehead atoms. The largest absolute Gasteiger partial charge is 0.361 e. The minimum atomic E-state index is -0.559. The molecule has 1 aliphatic rings. The third kappa shape index (κ3) is 2.31. The molecule has 1 aromatic heterocycles. The number of carbonyl (C=O) groups excluding carboxylic acids is 2. The summed E-state index contributed by atoms with van der Waals surface area (Å²) in [6.07, 6.45) is 3.80. The fourth-order valence-electron chi connectivity index (χ4n) is 2.38. The Morgan fingerprint density at radius 1 is 1.16 bits per heavy atom. The molecule has 1 fully saturated rings. The number of aromatic amines is 1. The van der Waals surface area contributed by atoms with Gasteiger partial charge in [-0.3, -0.25) is 9.59 Å². The van der Waals surface area contributed by atoms with E-state index in [1.165, 1.54) is 0 Å². The molecule has 0 aliphatic carbocycles. The molecule has 1 aromatic carbocycles. The van der Waals surface area contributed by atoms with E-state index in [-0.39, 0.29) is 0 Å². The van der Waals surface area contributed by atoms with Gasteiger partial charge < -0.3 is 15.2 Å². The van der Waals surface area contributed by atoms with Crippen molar-refractivity contribution in [2.75, 3.05) is 18.4 Å². The van der Waals surface area contributed by atoms with Gasteiger partial charge in [-0.25, -0.2) is 0 Å². The predicted octanol–water partition coefficient (Wildman–Crippen LogP) is 1.73. The Morgan fingerprint density at radius 2 is 1.95 bits per heavy atom. The summed E-state index contributed by atoms with van der Waals surface area (Å²) in [4.78, 5) is 28.4. The first-order valence-corrected chi connectivity index (χ1v) is 6.41. The van der Waals surface area contributed by atoms with E-state index in [0.29, 0.717) is 18.8 Å². The fourth-order valence-corrected chi connectivity index (χ4v) is 2.38. The summed E-state index contributed by atoms with van der Waals surface area (Å²) < 4.78 is 0. The zero-order valence-corrected chi connectivity index (χ0v) is 10.5. The molecule has 2 heterocycles. The Kier molecular flexibility index (Phi) is 2.95. The monoisotopic (exact) mass is 257 g/mol. The van der Waals surface area contributed by atoms with E-state index in [2.05, 4.69) is 10.3 Å². The van der Waals surface area contributed by atoms with E-state index in [0.717, 1.165) is 23.7 Å². The zero-order chi connectivity index (χ0) is 13.2. The third-order valence-electron chi connectivity index (χ3n) is 3.40. The number of H-pyrrole nitrogens is 1. The van der Waals surface area contributed by atoms with Crippen LogP contribution >= 0.6 is 0 Å². The molecule has 0 radical (unpaired) electrons. The van der Waals surface area contributed by atoms with Crippen molar-refractivity contribution in [1.29, 1.82) is 0 Å². The highest BCUT2D eigenvalue weighted by Crippen LogP contribution is 2.18. The lowest BCUT2D eigenvalue weighted by molar-refractivity contribution is -0.142. The quantitative estimate of drug-likeness (QED) is 0.764. The molecular formula is C14H15N3O2. The summed E-state index contributed by atoms with van der Waals surface area (Å²) in [6, 6.07) is 7.44. The van der Waals surface area contributed by atoms with Crippen LogP contribution in [0.15, 0.2) is 30.5 Å². The third-order valence-corrected chi connectivity index (χ3v) is 3.40. The molecule has 19 heavy (non-hydrogen) atoms. The molecule has 0 atom stereocenters. The number of hydrogen-bond donors (Lipinski definition) is 2. The van der Waals surface area contributed by atoms with Gasteiger partial charge in [0.1, 0.15) is 0 Å². The van der Waals surface area contributed by atoms with Crippen LogP contribution in [0.5, 0.6) is 0 Å². The average molecular weight is 257 g/mol. The lowest BCUT2D eigenvalue weighted by Crippen LogP contribution is -2.37. The number of fused-ring (bicyclic) bond motifs is 1. The molecule has 2 aromatic rings. The van der Waals surface area contributed by atoms with Gasteiger partial charge in [0, 0.05) is 35.9 Å². The fraction of sp³-hybridized carbons (Fsp3) is 0.286. The van der Waals surface area contributed by atoms with Crippen molar-refractivity contribution < 1.29 is 9.59 Å². The highest BCUT2D eigenvalue weighted by Gasteiger charge is 2.24. The molecule has 98 valence electrons. The van der Waals surface area contributed by atoms with Crippen molar-refractivity contribution in [3.05, 3.63) is 30.5 Å². The summed E-state index contributed by atoms with van der Waals surface area (Å²) >= 11 is 0. The number of hydrogen-bond acceptors (Lipinski definition) is 2. The van der Waals surface area contributed by atoms with Crippen LogP contribution in [0, 0.1) is 0 Å². The van der Waals surface area contributed by atoms with Crippen LogP contribution in [0.2, 0.25) is 0 Å². The summed E-state index contributed by atoms with van der Waals surface area (Å²) in [7, 11) is 0. The first kappa shape index (κ1) is 11.8. The minimum absolute atomic E-state index is 0.438. The normalized spacial score (nSPS) is 14.8. The van der Waals surface area contributed by atoms with Gasteiger partial charge in [0.2, 0.25) is 0 Å². The van der Waals surface area contributed by atoms with Crippen LogP contribution in [-0.2, 0) is 9.59 Å². The highest BCUT2D eigenvalue weighted by molar-refractivity contribution is 6.39. The van der Waals surface area contributed by atoms with Crippen molar-refractivity contribution in [3.8, 4) is 0 Å². The number of likely N-dealkylation sites (tertiary alicyclic amines) is 1. The molecule has 3 rings (SSSR count). The van der Waals surface area contributed by atoms with E-state index in [4.69, 9.17) is 0 Å². The van der Waals surface area contributed by atoms with Crippen molar-refractivity contribution in [2.45, 2.75) is 12.8 Å². The van der Waals surface area contributed by atoms with Crippen LogP contribution in [-0.4, -0.2) is 34.8 Å². The van der Waals surface area contributed by atoms with Crippen LogP contribution in [0.3, 0.4) is 0 Å². The van der Waals surface area contributed by atoms with Crippen LogP contribution in [0.4, 0.5) is 5.69 Å². The summed E-state index contributed by atoms with van der Waals surface area (Å²) in [5, 5.41) is 3.66. The topological polar surface area (TPSA) is 65.2 Å². The van der Waals surface area contributed by atoms with Gasteiger partial charge in [-0.05, 0) is 37.1 Å². The number of anilines is 1. The van der Waals surface area contributed by atoms with Crippen LogP contribution in [0.1, 0.15) is 12.8 Å².